The van der Waals surface area contributed by atoms with Crippen LogP contribution in [0.2, 0.25) is 10.0 Å². The van der Waals surface area contributed by atoms with Crippen molar-refractivity contribution in [3.63, 3.8) is 0 Å². The maximum atomic E-state index is 13.4. The highest BCUT2D eigenvalue weighted by molar-refractivity contribution is 6.35. The number of urea groups is 1. The van der Waals surface area contributed by atoms with Gasteiger partial charge in [-0.3, -0.25) is 9.69 Å². The predicted octanol–water partition coefficient (Wildman–Crippen LogP) is 6.03. The Morgan fingerprint density at radius 1 is 1.05 bits per heavy atom. The van der Waals surface area contributed by atoms with Crippen LogP contribution in [0.25, 0.3) is 11.1 Å². The number of nitriles is 1. The lowest BCUT2D eigenvalue weighted by molar-refractivity contribution is -0.124. The normalized spacial score (nSPS) is 15.1. The summed E-state index contributed by atoms with van der Waals surface area (Å²) in [6, 6.07) is 21.8. The smallest absolute Gasteiger partial charge is 0.326 e. The highest BCUT2D eigenvalue weighted by atomic mass is 35.5. The Bertz CT molecular complexity index is 1320. The second-order valence-corrected chi connectivity index (χ2v) is 10.0. The lowest BCUT2D eigenvalue weighted by atomic mass is 10.0. The Labute approximate surface area is 232 Å². The number of anilines is 2. The Hall–Kier alpha value is -3.57. The third kappa shape index (κ3) is 7.05. The quantitative estimate of drug-likeness (QED) is 0.359. The monoisotopic (exact) mass is 549 g/mol. The molecule has 9 heteroatoms. The fraction of sp³-hybridized carbons (Fsp3) is 0.276. The number of nitrogens with zero attached hydrogens (tertiary/aromatic N) is 3. The molecule has 1 heterocycles. The first kappa shape index (κ1) is 27.5. The molecule has 3 aromatic carbocycles. The van der Waals surface area contributed by atoms with Crippen LogP contribution < -0.4 is 15.5 Å². The minimum atomic E-state index is -0.318. The number of nitrogens with one attached hydrogen (secondary N) is 2. The molecule has 1 atom stereocenters. The second-order valence-electron chi connectivity index (χ2n) is 9.16. The van der Waals surface area contributed by atoms with E-state index >= 15 is 0 Å². The van der Waals surface area contributed by atoms with Crippen molar-refractivity contribution in [2.75, 3.05) is 42.9 Å². The number of carbonyl (C=O) groups excluding carboxylic acids is 2. The topological polar surface area (TPSA) is 88.5 Å². The van der Waals surface area contributed by atoms with Crippen molar-refractivity contribution in [3.05, 3.63) is 82.3 Å². The molecule has 4 rings (SSSR count). The van der Waals surface area contributed by atoms with Crippen molar-refractivity contribution in [2.45, 2.75) is 13.3 Å². The zero-order chi connectivity index (χ0) is 27.1. The highest BCUT2D eigenvalue weighted by Gasteiger charge is 2.28. The summed E-state index contributed by atoms with van der Waals surface area (Å²) in [5.41, 5.74) is 3.67. The first-order chi connectivity index (χ1) is 18.4. The van der Waals surface area contributed by atoms with Crippen LogP contribution in [-0.4, -0.2) is 49.6 Å². The molecule has 1 fully saturated rings. The summed E-state index contributed by atoms with van der Waals surface area (Å²) in [5, 5.41) is 15.9. The predicted molar refractivity (Wildman–Crippen MR) is 153 cm³/mol. The van der Waals surface area contributed by atoms with Crippen molar-refractivity contribution in [1.29, 1.82) is 5.26 Å². The van der Waals surface area contributed by atoms with E-state index < -0.39 is 0 Å². The lowest BCUT2D eigenvalue weighted by Crippen LogP contribution is -2.41. The van der Waals surface area contributed by atoms with Gasteiger partial charge in [-0.15, -0.1) is 0 Å². The van der Waals surface area contributed by atoms with E-state index in [0.29, 0.717) is 47.5 Å². The zero-order valence-corrected chi connectivity index (χ0v) is 22.6. The molecule has 1 aliphatic rings. The van der Waals surface area contributed by atoms with Crippen LogP contribution in [0.3, 0.4) is 0 Å². The molecule has 0 spiro atoms. The largest absolute Gasteiger partial charge is 0.356 e. The van der Waals surface area contributed by atoms with Crippen molar-refractivity contribution < 1.29 is 9.59 Å². The third-order valence-electron chi connectivity index (χ3n) is 6.50. The maximum Gasteiger partial charge on any atom is 0.326 e. The zero-order valence-electron chi connectivity index (χ0n) is 21.1. The van der Waals surface area contributed by atoms with Gasteiger partial charge in [0, 0.05) is 47.6 Å². The first-order valence-corrected chi connectivity index (χ1v) is 13.3. The molecule has 2 N–H and O–H groups in total. The average molecular weight is 550 g/mol. The number of amides is 3. The first-order valence-electron chi connectivity index (χ1n) is 12.5. The van der Waals surface area contributed by atoms with Gasteiger partial charge in [-0.05, 0) is 73.5 Å². The van der Waals surface area contributed by atoms with Crippen LogP contribution in [-0.2, 0) is 4.79 Å². The summed E-state index contributed by atoms with van der Waals surface area (Å²) in [6.07, 6.45) is 0.801. The summed E-state index contributed by atoms with van der Waals surface area (Å²) >= 11 is 12.3. The minimum absolute atomic E-state index is 0.0331. The number of likely N-dealkylation sites (tertiary alicyclic amines) is 1. The molecule has 3 amide bonds. The minimum Gasteiger partial charge on any atom is -0.356 e. The summed E-state index contributed by atoms with van der Waals surface area (Å²) in [6.45, 7) is 5.04. The Morgan fingerprint density at radius 3 is 2.47 bits per heavy atom. The lowest BCUT2D eigenvalue weighted by Gasteiger charge is -2.26. The SMILES string of the molecule is CCNC(=O)C1CCN(CCN(C(=O)Nc2cc(Cl)cc(Cl)c2)c2ccc(-c3cccc(C#N)c3)cc2)C1. The van der Waals surface area contributed by atoms with E-state index in [4.69, 9.17) is 23.2 Å². The number of benzene rings is 3. The molecule has 3 aromatic rings. The number of carbonyl (C=O) groups is 2. The fourth-order valence-electron chi connectivity index (χ4n) is 4.58. The average Bonchev–Trinajstić information content (AvgIpc) is 3.38. The summed E-state index contributed by atoms with van der Waals surface area (Å²) in [7, 11) is 0. The summed E-state index contributed by atoms with van der Waals surface area (Å²) in [5.74, 6) is 0.0489. The van der Waals surface area contributed by atoms with E-state index in [2.05, 4.69) is 21.6 Å². The highest BCUT2D eigenvalue weighted by Crippen LogP contribution is 2.27. The summed E-state index contributed by atoms with van der Waals surface area (Å²) in [4.78, 5) is 29.6. The van der Waals surface area contributed by atoms with E-state index in [1.54, 1.807) is 29.2 Å². The molecule has 1 saturated heterocycles. The number of rotatable bonds is 8. The van der Waals surface area contributed by atoms with Crippen LogP contribution in [0.15, 0.2) is 66.7 Å². The van der Waals surface area contributed by atoms with E-state index in [0.717, 1.165) is 29.8 Å². The molecule has 0 radical (unpaired) electrons. The van der Waals surface area contributed by atoms with Crippen LogP contribution >= 0.6 is 23.2 Å². The molecule has 38 heavy (non-hydrogen) atoms. The van der Waals surface area contributed by atoms with E-state index in [1.165, 1.54) is 0 Å². The van der Waals surface area contributed by atoms with Crippen molar-refractivity contribution in [3.8, 4) is 17.2 Å². The van der Waals surface area contributed by atoms with Crippen molar-refractivity contribution >= 4 is 46.5 Å². The Morgan fingerprint density at radius 2 is 1.79 bits per heavy atom. The molecular weight excluding hydrogens is 521 g/mol. The molecular formula is C29H29Cl2N5O2. The summed E-state index contributed by atoms with van der Waals surface area (Å²) < 4.78 is 0. The molecule has 7 nitrogen and oxygen atoms in total. The molecule has 0 saturated carbocycles. The van der Waals surface area contributed by atoms with Gasteiger partial charge in [0.15, 0.2) is 0 Å². The van der Waals surface area contributed by atoms with Gasteiger partial charge >= 0.3 is 6.03 Å². The third-order valence-corrected chi connectivity index (χ3v) is 6.93. The number of hydrogen-bond acceptors (Lipinski definition) is 4. The molecule has 1 unspecified atom stereocenters. The van der Waals surface area contributed by atoms with Gasteiger partial charge in [0.2, 0.25) is 5.91 Å². The Balaban J connectivity index is 1.52. The van der Waals surface area contributed by atoms with Gasteiger partial charge in [-0.25, -0.2) is 4.79 Å². The van der Waals surface area contributed by atoms with Gasteiger partial charge < -0.3 is 15.5 Å². The molecule has 1 aliphatic heterocycles. The van der Waals surface area contributed by atoms with Crippen LogP contribution in [0.5, 0.6) is 0 Å². The number of halogens is 2. The number of hydrogen-bond donors (Lipinski definition) is 2. The van der Waals surface area contributed by atoms with Crippen LogP contribution in [0, 0.1) is 17.2 Å². The van der Waals surface area contributed by atoms with Gasteiger partial charge in [0.05, 0.1) is 17.6 Å². The van der Waals surface area contributed by atoms with Crippen molar-refractivity contribution in [1.82, 2.24) is 10.2 Å². The maximum absolute atomic E-state index is 13.4. The van der Waals surface area contributed by atoms with E-state index in [9.17, 15) is 14.9 Å². The van der Waals surface area contributed by atoms with Gasteiger partial charge in [0.25, 0.3) is 0 Å². The molecule has 0 aromatic heterocycles. The molecule has 196 valence electrons. The molecule has 0 aliphatic carbocycles. The van der Waals surface area contributed by atoms with Crippen LogP contribution in [0.4, 0.5) is 16.2 Å². The van der Waals surface area contributed by atoms with E-state index in [-0.39, 0.29) is 17.9 Å². The van der Waals surface area contributed by atoms with Crippen LogP contribution in [0.1, 0.15) is 18.9 Å². The van der Waals surface area contributed by atoms with Gasteiger partial charge in [0.1, 0.15) is 0 Å². The molecule has 0 bridgehead atoms. The Kier molecular flexibility index (Phi) is 9.24. The van der Waals surface area contributed by atoms with E-state index in [1.807, 2.05) is 49.4 Å². The van der Waals surface area contributed by atoms with Gasteiger partial charge in [-0.2, -0.15) is 5.26 Å². The van der Waals surface area contributed by atoms with Crippen molar-refractivity contribution in [2.24, 2.45) is 5.92 Å². The fourth-order valence-corrected chi connectivity index (χ4v) is 5.10. The second kappa shape index (κ2) is 12.8. The van der Waals surface area contributed by atoms with Gasteiger partial charge in [-0.1, -0.05) is 47.5 Å². The standard InChI is InChI=1S/C29H29Cl2N5O2/c1-2-33-28(37)23-10-11-35(19-23)12-13-36(29(38)34-26-16-24(30)15-25(31)17-26)27-8-6-21(7-9-27)22-5-3-4-20(14-22)18-32/h3-9,14-17,23H,2,10-13,19H2,1H3,(H,33,37)(H,34,38).